The minimum absolute atomic E-state index is 0.106. The van der Waals surface area contributed by atoms with Gasteiger partial charge in [-0.15, -0.1) is 0 Å². The van der Waals surface area contributed by atoms with Crippen molar-refractivity contribution in [2.45, 2.75) is 13.3 Å². The summed E-state index contributed by atoms with van der Waals surface area (Å²) in [7, 11) is 1.66. The Balaban J connectivity index is 1.83. The number of ether oxygens (including phenoxy) is 1. The predicted octanol–water partition coefficient (Wildman–Crippen LogP) is 4.36. The molecule has 5 rings (SSSR count). The molecule has 2 aromatic heterocycles. The minimum atomic E-state index is -0.106. The number of hydrogen-bond acceptors (Lipinski definition) is 5. The molecular formula is C25H20N4O2. The summed E-state index contributed by atoms with van der Waals surface area (Å²) in [4.78, 5) is 21.4. The van der Waals surface area contributed by atoms with Crippen LogP contribution in [0.15, 0.2) is 78.2 Å². The first kappa shape index (κ1) is 18.9. The van der Waals surface area contributed by atoms with E-state index in [1.54, 1.807) is 24.2 Å². The summed E-state index contributed by atoms with van der Waals surface area (Å²) in [5.41, 5.74) is 5.68. The largest absolute Gasteiger partial charge is 0.497 e. The normalized spacial score (nSPS) is 12.4. The van der Waals surface area contributed by atoms with E-state index >= 15 is 0 Å². The molecule has 0 N–H and O–H groups in total. The van der Waals surface area contributed by atoms with Gasteiger partial charge in [0.15, 0.2) is 5.78 Å². The number of imidazole rings is 1. The van der Waals surface area contributed by atoms with Crippen molar-refractivity contribution in [3.63, 3.8) is 0 Å². The van der Waals surface area contributed by atoms with Crippen LogP contribution < -0.4 is 4.74 Å². The Bertz CT molecular complexity index is 1310. The predicted molar refractivity (Wildman–Crippen MR) is 119 cm³/mol. The highest BCUT2D eigenvalue weighted by Crippen LogP contribution is 2.32. The summed E-state index contributed by atoms with van der Waals surface area (Å²) in [6, 6.07) is 19.7. The van der Waals surface area contributed by atoms with Gasteiger partial charge in [-0.05, 0) is 29.8 Å². The van der Waals surface area contributed by atoms with Crippen molar-refractivity contribution in [2.24, 2.45) is 5.10 Å². The standard InChI is InChI=1S/C25H20N4O2/c1-16(30)23-25(19-9-6-12-26-15-19)29-22(27-23)13-18-10-11-20(31-2)14-21(18)24(28-29)17-7-4-3-5-8-17/h3-12,14-15H,13H2,1-2H3. The molecule has 0 amide bonds. The van der Waals surface area contributed by atoms with Crippen molar-refractivity contribution in [1.29, 1.82) is 0 Å². The molecule has 0 unspecified atom stereocenters. The van der Waals surface area contributed by atoms with Crippen molar-refractivity contribution >= 4 is 11.5 Å². The maximum absolute atomic E-state index is 12.5. The van der Waals surface area contributed by atoms with Crippen LogP contribution >= 0.6 is 0 Å². The minimum Gasteiger partial charge on any atom is -0.497 e. The molecule has 4 aromatic rings. The van der Waals surface area contributed by atoms with Gasteiger partial charge in [-0.25, -0.2) is 9.66 Å². The lowest BCUT2D eigenvalue weighted by Crippen LogP contribution is -2.08. The molecule has 1 aliphatic heterocycles. The SMILES string of the molecule is COc1ccc2c(c1)C(c1ccccc1)=Nn1c(nc(C(C)=O)c1-c1cccnc1)C2. The molecule has 0 spiro atoms. The lowest BCUT2D eigenvalue weighted by atomic mass is 9.96. The number of benzene rings is 2. The van der Waals surface area contributed by atoms with Crippen molar-refractivity contribution in [3.05, 3.63) is 101 Å². The third-order valence-corrected chi connectivity index (χ3v) is 5.36. The average Bonchev–Trinajstić information content (AvgIpc) is 3.09. The summed E-state index contributed by atoms with van der Waals surface area (Å²) in [5.74, 6) is 1.37. The molecule has 0 bridgehead atoms. The second-order valence-corrected chi connectivity index (χ2v) is 7.35. The van der Waals surface area contributed by atoms with Crippen LogP contribution in [0.2, 0.25) is 0 Å². The molecule has 0 atom stereocenters. The van der Waals surface area contributed by atoms with Gasteiger partial charge in [0.25, 0.3) is 0 Å². The van der Waals surface area contributed by atoms with E-state index in [1.165, 1.54) is 6.92 Å². The molecule has 2 aromatic carbocycles. The van der Waals surface area contributed by atoms with E-state index in [-0.39, 0.29) is 5.78 Å². The third-order valence-electron chi connectivity index (χ3n) is 5.36. The van der Waals surface area contributed by atoms with E-state index in [1.807, 2.05) is 60.7 Å². The van der Waals surface area contributed by atoms with Gasteiger partial charge >= 0.3 is 0 Å². The van der Waals surface area contributed by atoms with Gasteiger partial charge in [0.1, 0.15) is 23.0 Å². The Morgan fingerprint density at radius 1 is 1.03 bits per heavy atom. The number of ketones is 1. The number of carbonyl (C=O) groups is 1. The molecule has 0 saturated heterocycles. The molecule has 0 fully saturated rings. The second-order valence-electron chi connectivity index (χ2n) is 7.35. The quantitative estimate of drug-likeness (QED) is 0.414. The smallest absolute Gasteiger partial charge is 0.180 e. The van der Waals surface area contributed by atoms with E-state index in [0.29, 0.717) is 23.6 Å². The first-order chi connectivity index (χ1) is 15.2. The molecular weight excluding hydrogens is 388 g/mol. The van der Waals surface area contributed by atoms with E-state index in [0.717, 1.165) is 33.7 Å². The Morgan fingerprint density at radius 3 is 2.55 bits per heavy atom. The van der Waals surface area contributed by atoms with E-state index in [9.17, 15) is 4.79 Å². The molecule has 31 heavy (non-hydrogen) atoms. The molecule has 0 radical (unpaired) electrons. The van der Waals surface area contributed by atoms with Crippen molar-refractivity contribution in [2.75, 3.05) is 7.11 Å². The fourth-order valence-electron chi connectivity index (χ4n) is 3.88. The maximum Gasteiger partial charge on any atom is 0.180 e. The van der Waals surface area contributed by atoms with Gasteiger partial charge in [0.2, 0.25) is 0 Å². The van der Waals surface area contributed by atoms with E-state index in [4.69, 9.17) is 14.8 Å². The number of methoxy groups -OCH3 is 1. The van der Waals surface area contributed by atoms with E-state index < -0.39 is 0 Å². The van der Waals surface area contributed by atoms with Gasteiger partial charge in [-0.1, -0.05) is 36.4 Å². The zero-order valence-corrected chi connectivity index (χ0v) is 17.2. The number of nitrogens with zero attached hydrogens (tertiary/aromatic N) is 4. The van der Waals surface area contributed by atoms with Gasteiger partial charge in [-0.2, -0.15) is 5.10 Å². The number of aromatic nitrogens is 3. The fourth-order valence-corrected chi connectivity index (χ4v) is 3.88. The summed E-state index contributed by atoms with van der Waals surface area (Å²) in [6.07, 6.45) is 3.98. The Labute approximate surface area is 179 Å². The number of Topliss-reactive ketones (excluding diaryl/α,β-unsaturated/α-hetero) is 1. The highest BCUT2D eigenvalue weighted by molar-refractivity contribution is 6.14. The third kappa shape index (κ3) is 3.32. The second kappa shape index (κ2) is 7.65. The van der Waals surface area contributed by atoms with Crippen LogP contribution in [0.5, 0.6) is 5.75 Å². The maximum atomic E-state index is 12.5. The number of carbonyl (C=O) groups excluding carboxylic acids is 1. The average molecular weight is 408 g/mol. The highest BCUT2D eigenvalue weighted by atomic mass is 16.5. The Hall–Kier alpha value is -4.06. The van der Waals surface area contributed by atoms with Gasteiger partial charge < -0.3 is 4.74 Å². The Kier molecular flexibility index (Phi) is 4.67. The summed E-state index contributed by atoms with van der Waals surface area (Å²) in [6.45, 7) is 1.53. The fraction of sp³-hybridized carbons (Fsp3) is 0.120. The first-order valence-electron chi connectivity index (χ1n) is 10.0. The van der Waals surface area contributed by atoms with Crippen LogP contribution in [0.25, 0.3) is 11.3 Å². The van der Waals surface area contributed by atoms with Crippen LogP contribution in [0, 0.1) is 0 Å². The lowest BCUT2D eigenvalue weighted by Gasteiger charge is -2.12. The summed E-state index contributed by atoms with van der Waals surface area (Å²) in [5, 5.41) is 5.04. The lowest BCUT2D eigenvalue weighted by molar-refractivity contribution is 0.101. The molecule has 0 aliphatic carbocycles. The van der Waals surface area contributed by atoms with Gasteiger partial charge in [0.05, 0.1) is 12.8 Å². The van der Waals surface area contributed by atoms with Crippen molar-refractivity contribution < 1.29 is 9.53 Å². The van der Waals surface area contributed by atoms with Crippen molar-refractivity contribution in [1.82, 2.24) is 14.6 Å². The molecule has 3 heterocycles. The monoisotopic (exact) mass is 408 g/mol. The number of rotatable bonds is 4. The van der Waals surface area contributed by atoms with Crippen LogP contribution in [0.1, 0.15) is 39.9 Å². The van der Waals surface area contributed by atoms with Crippen molar-refractivity contribution in [3.8, 4) is 17.0 Å². The summed E-state index contributed by atoms with van der Waals surface area (Å²) < 4.78 is 7.27. The highest BCUT2D eigenvalue weighted by Gasteiger charge is 2.26. The zero-order valence-electron chi connectivity index (χ0n) is 17.2. The van der Waals surface area contributed by atoms with Crippen LogP contribution in [0.3, 0.4) is 0 Å². The molecule has 6 nitrogen and oxygen atoms in total. The van der Waals surface area contributed by atoms with E-state index in [2.05, 4.69) is 4.98 Å². The topological polar surface area (TPSA) is 69.4 Å². The summed E-state index contributed by atoms with van der Waals surface area (Å²) >= 11 is 0. The van der Waals surface area contributed by atoms with Crippen LogP contribution in [-0.2, 0) is 6.42 Å². The number of pyridine rings is 1. The van der Waals surface area contributed by atoms with Crippen LogP contribution in [-0.4, -0.2) is 33.2 Å². The first-order valence-corrected chi connectivity index (χ1v) is 10.0. The number of fused-ring (bicyclic) bond motifs is 2. The van der Waals surface area contributed by atoms with Gasteiger partial charge in [0, 0.05) is 42.4 Å². The molecule has 152 valence electrons. The molecule has 1 aliphatic rings. The molecule has 0 saturated carbocycles. The van der Waals surface area contributed by atoms with Crippen LogP contribution in [0.4, 0.5) is 0 Å². The van der Waals surface area contributed by atoms with Gasteiger partial charge in [-0.3, -0.25) is 9.78 Å². The Morgan fingerprint density at radius 2 is 1.84 bits per heavy atom. The zero-order chi connectivity index (χ0) is 21.4. The molecule has 6 heteroatoms. The number of hydrogen-bond donors (Lipinski definition) is 0.